The Kier molecular flexibility index (Phi) is 6.87. The quantitative estimate of drug-likeness (QED) is 0.538. The number of carbonyl (C=O) groups is 1. The first kappa shape index (κ1) is 23.5. The number of hydrogen-bond acceptors (Lipinski definition) is 7. The number of nitrogens with one attached hydrogen (secondary N) is 1. The molecule has 0 unspecified atom stereocenters. The van der Waals surface area contributed by atoms with E-state index in [0.29, 0.717) is 24.7 Å². The van der Waals surface area contributed by atoms with Gasteiger partial charge in [0.05, 0.1) is 24.2 Å². The van der Waals surface area contributed by atoms with E-state index in [4.69, 9.17) is 9.15 Å². The maximum absolute atomic E-state index is 13.4. The van der Waals surface area contributed by atoms with Crippen molar-refractivity contribution in [3.8, 4) is 16.5 Å². The number of amides is 1. The van der Waals surface area contributed by atoms with E-state index in [2.05, 4.69) is 10.3 Å². The van der Waals surface area contributed by atoms with Crippen molar-refractivity contribution in [2.75, 3.05) is 20.2 Å². The largest absolute Gasteiger partial charge is 0.495 e. The van der Waals surface area contributed by atoms with Crippen molar-refractivity contribution in [3.05, 3.63) is 53.2 Å². The Balaban J connectivity index is 1.52. The monoisotopic (exact) mass is 489 g/mol. The molecule has 2 atom stereocenters. The molecule has 33 heavy (non-hydrogen) atoms. The molecule has 3 aromatic rings. The van der Waals surface area contributed by atoms with Gasteiger partial charge in [0, 0.05) is 18.7 Å². The molecule has 3 heterocycles. The molecule has 0 aliphatic carbocycles. The molecular formula is C23H27N3O5S2. The number of aromatic nitrogens is 1. The summed E-state index contributed by atoms with van der Waals surface area (Å²) in [4.78, 5) is 18.1. The van der Waals surface area contributed by atoms with E-state index in [1.54, 1.807) is 6.07 Å². The van der Waals surface area contributed by atoms with Crippen LogP contribution in [0.3, 0.4) is 0 Å². The van der Waals surface area contributed by atoms with Gasteiger partial charge in [0.2, 0.25) is 15.9 Å². The zero-order valence-corrected chi connectivity index (χ0v) is 20.4. The SMILES string of the molecule is COc1ccc(C(=O)NCc2coc(-c3cccs3)n2)cc1S(=O)(=O)N1C[C@H](C)C[C@@H](C)C1. The molecule has 1 fully saturated rings. The second-order valence-corrected chi connectivity index (χ2v) is 11.3. The normalized spacial score (nSPS) is 19.4. The van der Waals surface area contributed by atoms with Gasteiger partial charge < -0.3 is 14.5 Å². The summed E-state index contributed by atoms with van der Waals surface area (Å²) in [7, 11) is -2.39. The van der Waals surface area contributed by atoms with Crippen molar-refractivity contribution >= 4 is 27.3 Å². The number of nitrogens with zero attached hydrogens (tertiary/aromatic N) is 2. The third-order valence-electron chi connectivity index (χ3n) is 5.59. The summed E-state index contributed by atoms with van der Waals surface area (Å²) in [5.74, 6) is 0.840. The fraction of sp³-hybridized carbons (Fsp3) is 0.391. The fourth-order valence-corrected chi connectivity index (χ4v) is 6.65. The molecule has 0 radical (unpaired) electrons. The average Bonchev–Trinajstić information content (AvgIpc) is 3.48. The molecule has 1 amide bonds. The number of methoxy groups -OCH3 is 1. The summed E-state index contributed by atoms with van der Waals surface area (Å²) >= 11 is 1.51. The Morgan fingerprint density at radius 3 is 2.70 bits per heavy atom. The smallest absolute Gasteiger partial charge is 0.251 e. The number of sulfonamides is 1. The van der Waals surface area contributed by atoms with Gasteiger partial charge in [-0.05, 0) is 47.9 Å². The molecule has 10 heteroatoms. The fourth-order valence-electron chi connectivity index (χ4n) is 4.14. The summed E-state index contributed by atoms with van der Waals surface area (Å²) in [6.45, 7) is 5.15. The number of benzene rings is 1. The number of carbonyl (C=O) groups excluding carboxylic acids is 1. The van der Waals surface area contributed by atoms with Crippen molar-refractivity contribution in [2.45, 2.75) is 31.7 Å². The van der Waals surface area contributed by atoms with Crippen LogP contribution in [0.4, 0.5) is 0 Å². The van der Waals surface area contributed by atoms with Gasteiger partial charge >= 0.3 is 0 Å². The van der Waals surface area contributed by atoms with E-state index in [1.807, 2.05) is 31.4 Å². The zero-order chi connectivity index (χ0) is 23.6. The van der Waals surface area contributed by atoms with Crippen molar-refractivity contribution in [3.63, 3.8) is 0 Å². The Morgan fingerprint density at radius 2 is 2.03 bits per heavy atom. The van der Waals surface area contributed by atoms with E-state index in [9.17, 15) is 13.2 Å². The van der Waals surface area contributed by atoms with Crippen LogP contribution in [0.5, 0.6) is 5.75 Å². The molecule has 4 rings (SSSR count). The molecule has 1 aliphatic heterocycles. The van der Waals surface area contributed by atoms with Gasteiger partial charge in [-0.15, -0.1) is 11.3 Å². The number of oxazole rings is 1. The van der Waals surface area contributed by atoms with Crippen molar-refractivity contribution in [1.82, 2.24) is 14.6 Å². The average molecular weight is 490 g/mol. The Labute approximate surface area is 197 Å². The molecule has 176 valence electrons. The minimum Gasteiger partial charge on any atom is -0.495 e. The second kappa shape index (κ2) is 9.66. The molecule has 1 aromatic carbocycles. The first-order chi connectivity index (χ1) is 15.8. The molecule has 1 saturated heterocycles. The second-order valence-electron chi connectivity index (χ2n) is 8.44. The van der Waals surface area contributed by atoms with Crippen molar-refractivity contribution < 1.29 is 22.4 Å². The van der Waals surface area contributed by atoms with E-state index in [0.717, 1.165) is 11.3 Å². The Morgan fingerprint density at radius 1 is 1.27 bits per heavy atom. The summed E-state index contributed by atoms with van der Waals surface area (Å²) in [6.07, 6.45) is 2.49. The molecule has 2 aromatic heterocycles. The van der Waals surface area contributed by atoms with Gasteiger partial charge in [0.25, 0.3) is 5.91 Å². The lowest BCUT2D eigenvalue weighted by Gasteiger charge is -2.34. The highest BCUT2D eigenvalue weighted by Gasteiger charge is 2.34. The summed E-state index contributed by atoms with van der Waals surface area (Å²) in [6, 6.07) is 8.26. The van der Waals surface area contributed by atoms with Crippen LogP contribution >= 0.6 is 11.3 Å². The molecule has 0 spiro atoms. The number of ether oxygens (including phenoxy) is 1. The van der Waals surface area contributed by atoms with E-state index < -0.39 is 15.9 Å². The number of thiophene rings is 1. The van der Waals surface area contributed by atoms with Crippen LogP contribution in [0.15, 0.2) is 51.3 Å². The molecule has 0 bridgehead atoms. The van der Waals surface area contributed by atoms with Crippen molar-refractivity contribution in [2.24, 2.45) is 11.8 Å². The van der Waals surface area contributed by atoms with E-state index in [1.165, 1.54) is 41.1 Å². The van der Waals surface area contributed by atoms with E-state index in [-0.39, 0.29) is 34.6 Å². The molecule has 8 nitrogen and oxygen atoms in total. The van der Waals surface area contributed by atoms with Gasteiger partial charge in [-0.2, -0.15) is 4.31 Å². The van der Waals surface area contributed by atoms with Gasteiger partial charge in [-0.25, -0.2) is 13.4 Å². The number of piperidine rings is 1. The third-order valence-corrected chi connectivity index (χ3v) is 8.30. The Bertz CT molecular complexity index is 1210. The van der Waals surface area contributed by atoms with Crippen LogP contribution in [-0.4, -0.2) is 43.8 Å². The molecule has 0 saturated carbocycles. The van der Waals surface area contributed by atoms with Crippen LogP contribution in [-0.2, 0) is 16.6 Å². The highest BCUT2D eigenvalue weighted by molar-refractivity contribution is 7.89. The van der Waals surface area contributed by atoms with Crippen LogP contribution < -0.4 is 10.1 Å². The standard InChI is InChI=1S/C23H27N3O5S2/c1-15-9-16(2)13-26(12-15)33(28,29)21-10-17(6-7-19(21)30-3)22(27)24-11-18-14-31-23(25-18)20-5-4-8-32-20/h4-8,10,14-16H,9,11-13H2,1-3H3,(H,24,27)/t15-,16-/m1/s1. The predicted octanol–water partition coefficient (Wildman–Crippen LogP) is 4.01. The number of rotatable bonds is 7. The number of hydrogen-bond donors (Lipinski definition) is 1. The summed E-state index contributed by atoms with van der Waals surface area (Å²) in [5.41, 5.74) is 0.804. The van der Waals surface area contributed by atoms with Gasteiger partial charge in [-0.1, -0.05) is 19.9 Å². The maximum Gasteiger partial charge on any atom is 0.251 e. The molecular weight excluding hydrogens is 462 g/mol. The maximum atomic E-state index is 13.4. The van der Waals surface area contributed by atoms with Crippen LogP contribution in [0.1, 0.15) is 36.3 Å². The third kappa shape index (κ3) is 5.13. The van der Waals surface area contributed by atoms with Crippen LogP contribution in [0, 0.1) is 11.8 Å². The Hall–Kier alpha value is -2.69. The lowest BCUT2D eigenvalue weighted by atomic mass is 9.94. The van der Waals surface area contributed by atoms with Gasteiger partial charge in [-0.3, -0.25) is 4.79 Å². The minimum absolute atomic E-state index is 0.000341. The summed E-state index contributed by atoms with van der Waals surface area (Å²) in [5, 5.41) is 4.71. The van der Waals surface area contributed by atoms with Gasteiger partial charge in [0.1, 0.15) is 16.9 Å². The highest BCUT2D eigenvalue weighted by atomic mass is 32.2. The summed E-state index contributed by atoms with van der Waals surface area (Å²) < 4.78 is 39.1. The first-order valence-electron chi connectivity index (χ1n) is 10.7. The lowest BCUT2D eigenvalue weighted by Crippen LogP contribution is -2.42. The van der Waals surface area contributed by atoms with Crippen LogP contribution in [0.2, 0.25) is 0 Å². The van der Waals surface area contributed by atoms with Crippen LogP contribution in [0.25, 0.3) is 10.8 Å². The zero-order valence-electron chi connectivity index (χ0n) is 18.8. The first-order valence-corrected chi connectivity index (χ1v) is 13.0. The topological polar surface area (TPSA) is 102 Å². The highest BCUT2D eigenvalue weighted by Crippen LogP contribution is 2.32. The minimum atomic E-state index is -3.81. The van der Waals surface area contributed by atoms with Crippen molar-refractivity contribution in [1.29, 1.82) is 0 Å². The molecule has 1 aliphatic rings. The van der Waals surface area contributed by atoms with E-state index >= 15 is 0 Å². The van der Waals surface area contributed by atoms with Gasteiger partial charge in [0.15, 0.2) is 0 Å². The molecule has 1 N–H and O–H groups in total. The predicted molar refractivity (Wildman–Crippen MR) is 126 cm³/mol. The lowest BCUT2D eigenvalue weighted by molar-refractivity contribution is 0.0950.